The van der Waals surface area contributed by atoms with Crippen LogP contribution in [0.15, 0.2) is 29.1 Å². The fourth-order valence-corrected chi connectivity index (χ4v) is 5.17. The molecule has 4 rings (SSSR count). The van der Waals surface area contributed by atoms with Crippen molar-refractivity contribution in [3.8, 4) is 0 Å². The number of likely N-dealkylation sites (tertiary alicyclic amines) is 1. The molecule has 1 unspecified atom stereocenters. The Hall–Kier alpha value is -2.27. The lowest BCUT2D eigenvalue weighted by atomic mass is 9.87. The average Bonchev–Trinajstić information content (AvgIpc) is 3.52. The van der Waals surface area contributed by atoms with Gasteiger partial charge in [-0.2, -0.15) is 26.3 Å². The van der Waals surface area contributed by atoms with Crippen molar-refractivity contribution in [2.24, 2.45) is 5.41 Å². The van der Waals surface area contributed by atoms with Crippen LogP contribution in [0.25, 0.3) is 0 Å². The number of halogens is 6. The van der Waals surface area contributed by atoms with Gasteiger partial charge in [-0.15, -0.1) is 22.7 Å². The minimum absolute atomic E-state index is 0.297. The zero-order chi connectivity index (χ0) is 27.7. The van der Waals surface area contributed by atoms with E-state index in [9.17, 15) is 26.3 Å². The summed E-state index contributed by atoms with van der Waals surface area (Å²) in [4.78, 5) is 28.8. The second-order valence-corrected chi connectivity index (χ2v) is 10.3. The minimum atomic E-state index is -5.08. The normalized spacial score (nSPS) is 20.9. The Morgan fingerprint density at radius 3 is 2.05 bits per heavy atom. The van der Waals surface area contributed by atoms with E-state index >= 15 is 0 Å². The molecule has 8 nitrogen and oxygen atoms in total. The number of hydrogen-bond donors (Lipinski definition) is 2. The number of aromatic nitrogens is 1. The van der Waals surface area contributed by atoms with E-state index in [-0.39, 0.29) is 0 Å². The van der Waals surface area contributed by atoms with Crippen LogP contribution in [0.2, 0.25) is 0 Å². The maximum absolute atomic E-state index is 10.6. The lowest BCUT2D eigenvalue weighted by molar-refractivity contribution is -0.193. The maximum Gasteiger partial charge on any atom is 0.490 e. The number of thiazole rings is 1. The molecule has 2 N–H and O–H groups in total. The molecule has 0 aromatic carbocycles. The third-order valence-electron chi connectivity index (χ3n) is 5.32. The topological polar surface area (TPSA) is 103 Å². The van der Waals surface area contributed by atoms with Crippen LogP contribution in [-0.2, 0) is 27.4 Å². The Balaban J connectivity index is 0.000000286. The number of alkyl halides is 6. The predicted molar refractivity (Wildman–Crippen MR) is 122 cm³/mol. The number of hydrogen-bond acceptors (Lipinski definition) is 8. The highest BCUT2D eigenvalue weighted by atomic mass is 32.1. The summed E-state index contributed by atoms with van der Waals surface area (Å²) >= 11 is 3.62. The molecule has 1 spiro atoms. The van der Waals surface area contributed by atoms with Gasteiger partial charge in [0.15, 0.2) is 0 Å². The minimum Gasteiger partial charge on any atom is -0.475 e. The van der Waals surface area contributed by atoms with Crippen molar-refractivity contribution in [1.82, 2.24) is 14.8 Å². The third-order valence-corrected chi connectivity index (χ3v) is 6.95. The number of carbonyl (C=O) groups is 2. The summed E-state index contributed by atoms with van der Waals surface area (Å²) < 4.78 is 69.5. The highest BCUT2D eigenvalue weighted by molar-refractivity contribution is 7.10. The summed E-state index contributed by atoms with van der Waals surface area (Å²) in [6.07, 6.45) is -7.03. The molecule has 4 heterocycles. The Labute approximate surface area is 216 Å². The van der Waals surface area contributed by atoms with E-state index in [1.54, 1.807) is 11.3 Å². The van der Waals surface area contributed by atoms with Gasteiger partial charge in [-0.3, -0.25) is 9.80 Å². The molecule has 37 heavy (non-hydrogen) atoms. The van der Waals surface area contributed by atoms with Gasteiger partial charge < -0.3 is 14.9 Å². The molecule has 2 aromatic heterocycles. The smallest absolute Gasteiger partial charge is 0.475 e. The molecular formula is C21H25F6N3O5S2. The molecule has 2 saturated heterocycles. The highest BCUT2D eigenvalue weighted by Crippen LogP contribution is 2.35. The van der Waals surface area contributed by atoms with E-state index in [2.05, 4.69) is 37.7 Å². The lowest BCUT2D eigenvalue weighted by Crippen LogP contribution is -2.40. The number of nitrogens with zero attached hydrogens (tertiary/aromatic N) is 3. The van der Waals surface area contributed by atoms with Gasteiger partial charge >= 0.3 is 24.3 Å². The first kappa shape index (κ1) is 31.0. The second kappa shape index (κ2) is 13.5. The predicted octanol–water partition coefficient (Wildman–Crippen LogP) is 4.20. The van der Waals surface area contributed by atoms with Crippen LogP contribution < -0.4 is 0 Å². The van der Waals surface area contributed by atoms with E-state index < -0.39 is 24.3 Å². The molecule has 0 radical (unpaired) electrons. The number of carboxylic acids is 2. The van der Waals surface area contributed by atoms with Crippen LogP contribution in [0, 0.1) is 5.41 Å². The van der Waals surface area contributed by atoms with Crippen molar-refractivity contribution in [3.63, 3.8) is 0 Å². The summed E-state index contributed by atoms with van der Waals surface area (Å²) in [7, 11) is 0. The van der Waals surface area contributed by atoms with Crippen LogP contribution in [-0.4, -0.2) is 88.7 Å². The van der Waals surface area contributed by atoms with E-state index in [4.69, 9.17) is 24.5 Å². The van der Waals surface area contributed by atoms with Crippen molar-refractivity contribution in [3.05, 3.63) is 39.0 Å². The molecule has 0 bridgehead atoms. The van der Waals surface area contributed by atoms with Crippen molar-refractivity contribution in [2.75, 3.05) is 39.4 Å². The van der Waals surface area contributed by atoms with E-state index in [1.807, 2.05) is 17.5 Å². The molecule has 2 aromatic rings. The second-order valence-electron chi connectivity index (χ2n) is 8.33. The fourth-order valence-electron chi connectivity index (χ4n) is 3.77. The SMILES string of the molecule is O=C(O)C(F)(F)F.O=C(O)C(F)(F)F.c1csc(CN2CCOCC3(CCN(Cc4nccs4)C3)C2)c1. The van der Waals surface area contributed by atoms with Gasteiger partial charge in [0.2, 0.25) is 0 Å². The molecule has 1 atom stereocenters. The lowest BCUT2D eigenvalue weighted by Gasteiger charge is -2.31. The Morgan fingerprint density at radius 2 is 1.57 bits per heavy atom. The summed E-state index contributed by atoms with van der Waals surface area (Å²) in [6, 6.07) is 4.39. The maximum atomic E-state index is 10.6. The average molecular weight is 578 g/mol. The first-order chi connectivity index (χ1) is 17.2. The number of carboxylic acid groups (broad SMARTS) is 2. The first-order valence-corrected chi connectivity index (χ1v) is 12.5. The first-order valence-electron chi connectivity index (χ1n) is 10.7. The summed E-state index contributed by atoms with van der Waals surface area (Å²) in [5.41, 5.74) is 0.297. The monoisotopic (exact) mass is 577 g/mol. The summed E-state index contributed by atoms with van der Waals surface area (Å²) in [5, 5.41) is 19.7. The number of thiophene rings is 1. The van der Waals surface area contributed by atoms with Gasteiger partial charge in [0.05, 0.1) is 19.8 Å². The zero-order valence-corrected chi connectivity index (χ0v) is 20.9. The summed E-state index contributed by atoms with van der Waals surface area (Å²) in [5.74, 6) is -5.51. The van der Waals surface area contributed by atoms with Crippen molar-refractivity contribution in [1.29, 1.82) is 0 Å². The zero-order valence-electron chi connectivity index (χ0n) is 19.3. The van der Waals surface area contributed by atoms with Crippen LogP contribution in [0.4, 0.5) is 26.3 Å². The van der Waals surface area contributed by atoms with Gasteiger partial charge in [0, 0.05) is 48.0 Å². The van der Waals surface area contributed by atoms with E-state index in [0.717, 1.165) is 52.5 Å². The fraction of sp³-hybridized carbons (Fsp3) is 0.571. The van der Waals surface area contributed by atoms with Gasteiger partial charge in [0.1, 0.15) is 5.01 Å². The highest BCUT2D eigenvalue weighted by Gasteiger charge is 2.41. The molecule has 0 amide bonds. The van der Waals surface area contributed by atoms with Gasteiger partial charge in [-0.25, -0.2) is 14.6 Å². The molecule has 2 fully saturated rings. The molecule has 0 saturated carbocycles. The Kier molecular flexibility index (Phi) is 11.3. The standard InChI is InChI=1S/C17H23N3OS2.2C2HF3O2/c1-2-15(22-8-1)10-20-6-7-21-14-17(13-20)3-5-19(12-17)11-16-18-4-9-23-16;2*3-2(4,5)1(6)7/h1-2,4,8-9H,3,5-7,10-14H2;2*(H,6,7). The van der Waals surface area contributed by atoms with Crippen LogP contribution >= 0.6 is 22.7 Å². The molecule has 2 aliphatic heterocycles. The Morgan fingerprint density at radius 1 is 0.973 bits per heavy atom. The molecule has 0 aliphatic carbocycles. The molecule has 2 aliphatic rings. The van der Waals surface area contributed by atoms with Gasteiger partial charge in [0.25, 0.3) is 0 Å². The quantitative estimate of drug-likeness (QED) is 0.522. The van der Waals surface area contributed by atoms with Crippen LogP contribution in [0.5, 0.6) is 0 Å². The van der Waals surface area contributed by atoms with Crippen LogP contribution in [0.3, 0.4) is 0 Å². The van der Waals surface area contributed by atoms with Gasteiger partial charge in [-0.05, 0) is 24.4 Å². The van der Waals surface area contributed by atoms with Crippen molar-refractivity contribution >= 4 is 34.6 Å². The molecule has 16 heteroatoms. The largest absolute Gasteiger partial charge is 0.490 e. The van der Waals surface area contributed by atoms with E-state index in [0.29, 0.717) is 5.41 Å². The molecule has 208 valence electrons. The number of ether oxygens (including phenoxy) is 1. The van der Waals surface area contributed by atoms with Gasteiger partial charge in [-0.1, -0.05) is 6.07 Å². The van der Waals surface area contributed by atoms with Crippen molar-refractivity contribution in [2.45, 2.75) is 31.9 Å². The number of aliphatic carboxylic acids is 2. The van der Waals surface area contributed by atoms with Crippen LogP contribution in [0.1, 0.15) is 16.3 Å². The van der Waals surface area contributed by atoms with Crippen molar-refractivity contribution < 1.29 is 50.9 Å². The third kappa shape index (κ3) is 10.9. The van der Waals surface area contributed by atoms with E-state index in [1.165, 1.54) is 16.3 Å². The Bertz CT molecular complexity index is 948. The summed E-state index contributed by atoms with van der Waals surface area (Å²) in [6.45, 7) is 8.32. The molecular weight excluding hydrogens is 552 g/mol. The number of rotatable bonds is 4.